The summed E-state index contributed by atoms with van der Waals surface area (Å²) in [6, 6.07) is 7.05. The first kappa shape index (κ1) is 13.8. The summed E-state index contributed by atoms with van der Waals surface area (Å²) in [5.74, 6) is -0.162. The van der Waals surface area contributed by atoms with Crippen molar-refractivity contribution in [3.8, 4) is 0 Å². The van der Waals surface area contributed by atoms with Crippen molar-refractivity contribution in [2.45, 2.75) is 13.0 Å². The topological polar surface area (TPSA) is 53.2 Å². The Morgan fingerprint density at radius 2 is 2.11 bits per heavy atom. The number of carbonyl (C=O) groups excluding carboxylic acids is 1. The molecule has 0 saturated carbocycles. The zero-order valence-corrected chi connectivity index (χ0v) is 12.2. The van der Waals surface area contributed by atoms with Crippen LogP contribution in [0.2, 0.25) is 5.02 Å². The highest BCUT2D eigenvalue weighted by molar-refractivity contribution is 7.80. The highest BCUT2D eigenvalue weighted by Crippen LogP contribution is 2.31. The molecule has 0 aromatic heterocycles. The van der Waals surface area contributed by atoms with E-state index < -0.39 is 0 Å². The van der Waals surface area contributed by atoms with Crippen molar-refractivity contribution in [2.24, 2.45) is 0 Å². The SMILES string of the molecule is CNC(=O)C1=C(C)NC(=S)N[C@@H]1c1ccccc1Cl. The molecule has 4 nitrogen and oxygen atoms in total. The van der Waals surface area contributed by atoms with Gasteiger partial charge in [0, 0.05) is 17.8 Å². The molecular formula is C13H14ClN3OS. The summed E-state index contributed by atoms with van der Waals surface area (Å²) < 4.78 is 0. The average Bonchev–Trinajstić information content (AvgIpc) is 2.37. The largest absolute Gasteiger partial charge is 0.355 e. The van der Waals surface area contributed by atoms with Gasteiger partial charge >= 0.3 is 0 Å². The molecule has 1 heterocycles. The fourth-order valence-electron chi connectivity index (χ4n) is 2.07. The van der Waals surface area contributed by atoms with Crippen LogP contribution in [0.25, 0.3) is 0 Å². The summed E-state index contributed by atoms with van der Waals surface area (Å²) >= 11 is 11.4. The van der Waals surface area contributed by atoms with Gasteiger partial charge in [-0.1, -0.05) is 29.8 Å². The Labute approximate surface area is 122 Å². The van der Waals surface area contributed by atoms with Crippen molar-refractivity contribution in [3.63, 3.8) is 0 Å². The summed E-state index contributed by atoms with van der Waals surface area (Å²) in [5.41, 5.74) is 2.14. The van der Waals surface area contributed by atoms with E-state index in [0.717, 1.165) is 11.3 Å². The monoisotopic (exact) mass is 295 g/mol. The molecule has 1 atom stereocenters. The second-order valence-corrected chi connectivity index (χ2v) is 4.99. The third-order valence-corrected chi connectivity index (χ3v) is 3.52. The predicted molar refractivity (Wildman–Crippen MR) is 79.8 cm³/mol. The van der Waals surface area contributed by atoms with Crippen molar-refractivity contribution in [3.05, 3.63) is 46.1 Å². The van der Waals surface area contributed by atoms with Gasteiger partial charge in [0.15, 0.2) is 5.11 Å². The van der Waals surface area contributed by atoms with E-state index in [1.54, 1.807) is 13.1 Å². The fraction of sp³-hybridized carbons (Fsp3) is 0.231. The first-order valence-corrected chi connectivity index (χ1v) is 6.58. The Bertz CT molecular complexity index is 571. The maximum Gasteiger partial charge on any atom is 0.251 e. The van der Waals surface area contributed by atoms with Crippen molar-refractivity contribution >= 4 is 34.8 Å². The zero-order chi connectivity index (χ0) is 14.0. The van der Waals surface area contributed by atoms with E-state index in [1.165, 1.54) is 0 Å². The lowest BCUT2D eigenvalue weighted by Gasteiger charge is -2.30. The van der Waals surface area contributed by atoms with E-state index in [0.29, 0.717) is 15.7 Å². The number of amides is 1. The Kier molecular flexibility index (Phi) is 4.07. The van der Waals surface area contributed by atoms with Crippen LogP contribution in [0.3, 0.4) is 0 Å². The number of benzene rings is 1. The number of halogens is 1. The minimum absolute atomic E-state index is 0.162. The number of hydrogen-bond acceptors (Lipinski definition) is 2. The van der Waals surface area contributed by atoms with E-state index in [9.17, 15) is 4.79 Å². The minimum atomic E-state index is -0.345. The lowest BCUT2D eigenvalue weighted by atomic mass is 9.95. The molecule has 19 heavy (non-hydrogen) atoms. The van der Waals surface area contributed by atoms with Gasteiger partial charge in [0.1, 0.15) is 0 Å². The molecule has 0 bridgehead atoms. The standard InChI is InChI=1S/C13H14ClN3OS/c1-7-10(12(18)15-2)11(17-13(19)16-7)8-5-3-4-6-9(8)14/h3-6,11H,1-2H3,(H,15,18)(H2,16,17,19)/t11-/m1/s1. The lowest BCUT2D eigenvalue weighted by molar-refractivity contribution is -0.117. The first-order valence-electron chi connectivity index (χ1n) is 5.79. The number of nitrogens with one attached hydrogen (secondary N) is 3. The number of thiocarbonyl (C=S) groups is 1. The van der Waals surface area contributed by atoms with Crippen molar-refractivity contribution in [2.75, 3.05) is 7.05 Å². The average molecular weight is 296 g/mol. The van der Waals surface area contributed by atoms with Crippen LogP contribution < -0.4 is 16.0 Å². The van der Waals surface area contributed by atoms with Crippen LogP contribution in [0.1, 0.15) is 18.5 Å². The van der Waals surface area contributed by atoms with Gasteiger partial charge in [-0.25, -0.2) is 0 Å². The van der Waals surface area contributed by atoms with Crippen LogP contribution in [0.5, 0.6) is 0 Å². The molecule has 100 valence electrons. The Morgan fingerprint density at radius 3 is 2.74 bits per heavy atom. The molecule has 1 amide bonds. The third kappa shape index (κ3) is 2.72. The molecule has 1 aromatic rings. The van der Waals surface area contributed by atoms with Gasteiger partial charge in [0.05, 0.1) is 11.6 Å². The summed E-state index contributed by atoms with van der Waals surface area (Å²) in [6.45, 7) is 1.82. The number of carbonyl (C=O) groups is 1. The Balaban J connectivity index is 2.53. The van der Waals surface area contributed by atoms with Crippen molar-refractivity contribution in [1.82, 2.24) is 16.0 Å². The van der Waals surface area contributed by atoms with Crippen molar-refractivity contribution in [1.29, 1.82) is 0 Å². The van der Waals surface area contributed by atoms with Crippen LogP contribution >= 0.6 is 23.8 Å². The minimum Gasteiger partial charge on any atom is -0.355 e. The Hall–Kier alpha value is -1.59. The summed E-state index contributed by atoms with van der Waals surface area (Å²) in [4.78, 5) is 12.0. The molecule has 0 aliphatic carbocycles. The Morgan fingerprint density at radius 1 is 1.42 bits per heavy atom. The molecule has 1 aliphatic heterocycles. The molecule has 0 saturated heterocycles. The molecular weight excluding hydrogens is 282 g/mol. The second-order valence-electron chi connectivity index (χ2n) is 4.17. The van der Waals surface area contributed by atoms with E-state index in [1.807, 2.05) is 25.1 Å². The normalized spacial score (nSPS) is 18.7. The number of hydrogen-bond donors (Lipinski definition) is 3. The highest BCUT2D eigenvalue weighted by atomic mass is 35.5. The lowest BCUT2D eigenvalue weighted by Crippen LogP contribution is -2.46. The molecule has 0 unspecified atom stereocenters. The summed E-state index contributed by atoms with van der Waals surface area (Å²) in [7, 11) is 1.60. The highest BCUT2D eigenvalue weighted by Gasteiger charge is 2.30. The van der Waals surface area contributed by atoms with E-state index >= 15 is 0 Å². The molecule has 6 heteroatoms. The molecule has 3 N–H and O–H groups in total. The number of rotatable bonds is 2. The molecule has 0 fully saturated rings. The third-order valence-electron chi connectivity index (χ3n) is 2.96. The van der Waals surface area contributed by atoms with Gasteiger partial charge in [-0.05, 0) is 30.8 Å². The van der Waals surface area contributed by atoms with Crippen LogP contribution in [-0.4, -0.2) is 18.1 Å². The molecule has 0 spiro atoms. The molecule has 1 aliphatic rings. The van der Waals surface area contributed by atoms with Gasteiger partial charge < -0.3 is 16.0 Å². The van der Waals surface area contributed by atoms with Crippen molar-refractivity contribution < 1.29 is 4.79 Å². The summed E-state index contributed by atoms with van der Waals surface area (Å²) in [5, 5.41) is 9.76. The summed E-state index contributed by atoms with van der Waals surface area (Å²) in [6.07, 6.45) is 0. The van der Waals surface area contributed by atoms with Gasteiger partial charge in [0.25, 0.3) is 5.91 Å². The van der Waals surface area contributed by atoms with Crippen LogP contribution in [0.4, 0.5) is 0 Å². The first-order chi connectivity index (χ1) is 9.04. The van der Waals surface area contributed by atoms with Gasteiger partial charge in [0.2, 0.25) is 0 Å². The van der Waals surface area contributed by atoms with Crippen LogP contribution in [-0.2, 0) is 4.79 Å². The fourth-order valence-corrected chi connectivity index (χ4v) is 2.59. The smallest absolute Gasteiger partial charge is 0.251 e. The van der Waals surface area contributed by atoms with Gasteiger partial charge in [-0.2, -0.15) is 0 Å². The molecule has 0 radical (unpaired) electrons. The van der Waals surface area contributed by atoms with Gasteiger partial charge in [-0.15, -0.1) is 0 Å². The van der Waals surface area contributed by atoms with E-state index in [4.69, 9.17) is 23.8 Å². The maximum atomic E-state index is 12.0. The van der Waals surface area contributed by atoms with E-state index in [2.05, 4.69) is 16.0 Å². The van der Waals surface area contributed by atoms with Crippen LogP contribution in [0.15, 0.2) is 35.5 Å². The molecule has 2 rings (SSSR count). The zero-order valence-electron chi connectivity index (χ0n) is 10.6. The van der Waals surface area contributed by atoms with E-state index in [-0.39, 0.29) is 11.9 Å². The van der Waals surface area contributed by atoms with Crippen LogP contribution in [0, 0.1) is 0 Å². The number of likely N-dealkylation sites (N-methyl/N-ethyl adjacent to an activating group) is 1. The second kappa shape index (κ2) is 5.59. The number of allylic oxidation sites excluding steroid dienone is 1. The molecule has 1 aromatic carbocycles. The van der Waals surface area contributed by atoms with Gasteiger partial charge in [-0.3, -0.25) is 4.79 Å². The maximum absolute atomic E-state index is 12.0. The predicted octanol–water partition coefficient (Wildman–Crippen LogP) is 1.88. The quantitative estimate of drug-likeness (QED) is 0.729.